The maximum Gasteiger partial charge on any atom is 0.297 e. The monoisotopic (exact) mass is 635 g/mol. The van der Waals surface area contributed by atoms with Crippen LogP contribution in [0.1, 0.15) is 37.3 Å². The predicted octanol–water partition coefficient (Wildman–Crippen LogP) is 3.91. The van der Waals surface area contributed by atoms with E-state index < -0.39 is 17.4 Å². The van der Waals surface area contributed by atoms with E-state index >= 15 is 0 Å². The largest absolute Gasteiger partial charge is 0.491 e. The molecule has 2 aliphatic rings. The number of benzene rings is 2. The van der Waals surface area contributed by atoms with Crippen molar-refractivity contribution in [3.05, 3.63) is 98.9 Å². The van der Waals surface area contributed by atoms with Crippen LogP contribution in [0.4, 0.5) is 5.69 Å². The Bertz CT molecular complexity index is 1570. The summed E-state index contributed by atoms with van der Waals surface area (Å²) in [4.78, 5) is 42.5. The first kappa shape index (κ1) is 29.8. The number of amides is 2. The second kappa shape index (κ2) is 12.2. The average molecular weight is 637 g/mol. The molecule has 2 aromatic carbocycles. The Morgan fingerprint density at radius 3 is 2.67 bits per heavy atom. The molecule has 9 nitrogen and oxygen atoms in total. The maximum atomic E-state index is 13.9. The zero-order valence-corrected chi connectivity index (χ0v) is 25.2. The second-order valence-electron chi connectivity index (χ2n) is 10.7. The van der Waals surface area contributed by atoms with E-state index in [2.05, 4.69) is 15.9 Å². The fraction of sp³-hybridized carbons (Fsp3) is 0.344. The minimum absolute atomic E-state index is 0.0517. The number of aromatic nitrogens is 1. The van der Waals surface area contributed by atoms with E-state index in [1.54, 1.807) is 65.4 Å². The zero-order valence-electron chi connectivity index (χ0n) is 23.6. The molecule has 42 heavy (non-hydrogen) atoms. The average Bonchev–Trinajstić information content (AvgIpc) is 3.56. The van der Waals surface area contributed by atoms with E-state index in [-0.39, 0.29) is 42.8 Å². The predicted molar refractivity (Wildman–Crippen MR) is 163 cm³/mol. The first-order valence-electron chi connectivity index (χ1n) is 13.9. The number of rotatable bonds is 9. The summed E-state index contributed by atoms with van der Waals surface area (Å²) < 4.78 is 7.36. The summed E-state index contributed by atoms with van der Waals surface area (Å²) in [6.45, 7) is 2.56. The van der Waals surface area contributed by atoms with Gasteiger partial charge in [-0.05, 0) is 60.9 Å². The Hall–Kier alpha value is -3.73. The molecule has 0 saturated carbocycles. The minimum atomic E-state index is -1.83. The van der Waals surface area contributed by atoms with Gasteiger partial charge >= 0.3 is 0 Å². The Kier molecular flexibility index (Phi) is 8.68. The van der Waals surface area contributed by atoms with Gasteiger partial charge in [0.05, 0.1) is 32.0 Å². The lowest BCUT2D eigenvalue weighted by atomic mass is 9.83. The van der Waals surface area contributed by atoms with Crippen LogP contribution in [0.15, 0.2) is 82.2 Å². The number of hydrogen-bond acceptors (Lipinski definition) is 6. The molecule has 2 N–H and O–H groups in total. The van der Waals surface area contributed by atoms with Crippen LogP contribution >= 0.6 is 15.9 Å². The second-order valence-corrected chi connectivity index (χ2v) is 11.6. The van der Waals surface area contributed by atoms with Crippen LogP contribution in [0.25, 0.3) is 5.69 Å². The molecule has 3 heterocycles. The van der Waals surface area contributed by atoms with E-state index in [4.69, 9.17) is 4.74 Å². The number of carbonyl (C=O) groups excluding carboxylic acids is 2. The van der Waals surface area contributed by atoms with Crippen molar-refractivity contribution in [2.24, 2.45) is 5.92 Å². The smallest absolute Gasteiger partial charge is 0.297 e. The van der Waals surface area contributed by atoms with E-state index in [1.807, 2.05) is 24.3 Å². The molecule has 1 saturated heterocycles. The van der Waals surface area contributed by atoms with Crippen LogP contribution in [0.5, 0.6) is 5.75 Å². The van der Waals surface area contributed by atoms with Gasteiger partial charge in [0.1, 0.15) is 0 Å². The van der Waals surface area contributed by atoms with Crippen molar-refractivity contribution in [1.82, 2.24) is 9.47 Å². The first-order chi connectivity index (χ1) is 20.2. The third-order valence-corrected chi connectivity index (χ3v) is 8.70. The maximum absolute atomic E-state index is 13.9. The van der Waals surface area contributed by atoms with Crippen molar-refractivity contribution < 1.29 is 24.5 Å². The van der Waals surface area contributed by atoms with Crippen LogP contribution in [-0.2, 0) is 21.7 Å². The van der Waals surface area contributed by atoms with Gasteiger partial charge in [0.25, 0.3) is 11.5 Å². The highest BCUT2D eigenvalue weighted by Gasteiger charge is 2.52. The summed E-state index contributed by atoms with van der Waals surface area (Å²) in [5.74, 6) is -0.911. The van der Waals surface area contributed by atoms with Crippen molar-refractivity contribution in [2.75, 3.05) is 25.2 Å². The van der Waals surface area contributed by atoms with Gasteiger partial charge in [0, 0.05) is 40.8 Å². The molecule has 3 atom stereocenters. The Balaban J connectivity index is 1.36. The summed E-state index contributed by atoms with van der Waals surface area (Å²) >= 11 is 3.47. The molecular formula is C32H34BrN3O6. The van der Waals surface area contributed by atoms with Crippen LogP contribution in [0.3, 0.4) is 0 Å². The molecule has 1 fully saturated rings. The number of nitrogens with zero attached hydrogens (tertiary/aromatic N) is 3. The molecule has 2 aliphatic heterocycles. The normalized spacial score (nSPS) is 20.8. The van der Waals surface area contributed by atoms with Gasteiger partial charge in [0.15, 0.2) is 11.4 Å². The molecule has 0 bridgehead atoms. The first-order valence-corrected chi connectivity index (χ1v) is 14.7. The molecule has 0 unspecified atom stereocenters. The quantitative estimate of drug-likeness (QED) is 0.345. The summed E-state index contributed by atoms with van der Waals surface area (Å²) in [6.07, 6.45) is 6.87. The van der Waals surface area contributed by atoms with Crippen molar-refractivity contribution >= 4 is 33.4 Å². The molecule has 1 aromatic heterocycles. The van der Waals surface area contributed by atoms with Crippen LogP contribution in [0, 0.1) is 5.92 Å². The van der Waals surface area contributed by atoms with Crippen molar-refractivity contribution in [3.8, 4) is 11.4 Å². The number of anilines is 1. The third kappa shape index (κ3) is 5.42. The molecule has 2 amide bonds. The number of pyridine rings is 1. The summed E-state index contributed by atoms with van der Waals surface area (Å²) in [5, 5.41) is 21.5. The van der Waals surface area contributed by atoms with Crippen LogP contribution < -0.4 is 15.2 Å². The van der Waals surface area contributed by atoms with Gasteiger partial charge in [0.2, 0.25) is 5.91 Å². The Morgan fingerprint density at radius 2 is 1.95 bits per heavy atom. The van der Waals surface area contributed by atoms with Crippen molar-refractivity contribution in [3.63, 3.8) is 0 Å². The van der Waals surface area contributed by atoms with E-state index in [0.29, 0.717) is 23.5 Å². The summed E-state index contributed by atoms with van der Waals surface area (Å²) in [5.41, 5.74) is 0.475. The number of aliphatic hydroxyl groups excluding tert-OH is 1. The number of ether oxygens (including phenoxy) is 1. The molecule has 0 aliphatic carbocycles. The highest BCUT2D eigenvalue weighted by atomic mass is 79.9. The fourth-order valence-electron chi connectivity index (χ4n) is 5.84. The lowest BCUT2D eigenvalue weighted by Crippen LogP contribution is -2.44. The molecule has 0 spiro atoms. The number of aliphatic hydroxyl groups is 2. The minimum Gasteiger partial charge on any atom is -0.491 e. The van der Waals surface area contributed by atoms with E-state index in [9.17, 15) is 24.6 Å². The topological polar surface area (TPSA) is 112 Å². The molecule has 3 aromatic rings. The molecule has 10 heteroatoms. The van der Waals surface area contributed by atoms with E-state index in [1.165, 1.54) is 11.7 Å². The Morgan fingerprint density at radius 1 is 1.19 bits per heavy atom. The highest BCUT2D eigenvalue weighted by Crippen LogP contribution is 2.46. The number of likely N-dealkylation sites (tertiary alicyclic amines) is 1. The number of halogens is 1. The standard InChI is InChI=1S/C32H34BrN3O6/c1-21(6-3-9-29(38)34-16-4-7-25(34)20-37)32(41)26-18-23(33)12-15-27(26)36(31(32)40)19-22-10-13-24(14-11-22)35-17-5-8-28(42-2)30(35)39/h3,5-6,8,10-15,17-18,21,25,37,41H,4,7,9,16,19-20H2,1-2H3/b6-3+/t21-,25+,32+/m1/s1. The molecule has 0 radical (unpaired) electrons. The molecule has 220 valence electrons. The number of hydrogen-bond donors (Lipinski definition) is 2. The molecule has 5 rings (SSSR count). The lowest BCUT2D eigenvalue weighted by Gasteiger charge is -2.28. The van der Waals surface area contributed by atoms with Gasteiger partial charge < -0.3 is 24.7 Å². The van der Waals surface area contributed by atoms with Gasteiger partial charge in [-0.3, -0.25) is 19.0 Å². The van der Waals surface area contributed by atoms with Gasteiger partial charge in [-0.15, -0.1) is 0 Å². The Labute approximate surface area is 252 Å². The number of carbonyl (C=O) groups is 2. The summed E-state index contributed by atoms with van der Waals surface area (Å²) in [6, 6.07) is 15.9. The van der Waals surface area contributed by atoms with Gasteiger partial charge in [-0.25, -0.2) is 0 Å². The number of methoxy groups -OCH3 is 1. The van der Waals surface area contributed by atoms with Crippen molar-refractivity contribution in [2.45, 2.75) is 44.4 Å². The summed E-state index contributed by atoms with van der Waals surface area (Å²) in [7, 11) is 1.45. The number of fused-ring (bicyclic) bond motifs is 1. The van der Waals surface area contributed by atoms with Gasteiger partial charge in [-0.2, -0.15) is 0 Å². The van der Waals surface area contributed by atoms with Crippen LogP contribution in [-0.4, -0.2) is 57.8 Å². The van der Waals surface area contributed by atoms with E-state index in [0.717, 1.165) is 22.9 Å². The lowest BCUT2D eigenvalue weighted by molar-refractivity contribution is -0.139. The van der Waals surface area contributed by atoms with Gasteiger partial charge in [-0.1, -0.05) is 47.1 Å². The van der Waals surface area contributed by atoms with Crippen LogP contribution in [0.2, 0.25) is 0 Å². The highest BCUT2D eigenvalue weighted by molar-refractivity contribution is 9.10. The SMILES string of the molecule is COc1cccn(-c2ccc(CN3C(=O)[C@](O)([C@H](C)/C=C/CC(=O)N4CCC[C@H]4CO)c4cc(Br)ccc43)cc2)c1=O. The fourth-order valence-corrected chi connectivity index (χ4v) is 6.20. The zero-order chi connectivity index (χ0) is 30.0. The van der Waals surface area contributed by atoms with Crippen molar-refractivity contribution in [1.29, 1.82) is 0 Å². The molecular weight excluding hydrogens is 602 g/mol. The third-order valence-electron chi connectivity index (χ3n) is 8.20.